The van der Waals surface area contributed by atoms with E-state index in [9.17, 15) is 4.79 Å². The van der Waals surface area contributed by atoms with Crippen LogP contribution in [-0.2, 0) is 9.47 Å². The minimum Gasteiger partial charge on any atom is -0.450 e. The Labute approximate surface area is 58.2 Å². The maximum Gasteiger partial charge on any atom is 0.506 e. The second-order valence-electron chi connectivity index (χ2n) is 1.64. The van der Waals surface area contributed by atoms with Crippen molar-refractivity contribution >= 4 is 6.16 Å². The molecule has 0 aromatic rings. The van der Waals surface area contributed by atoms with Crippen LogP contribution in [0.4, 0.5) is 4.79 Å². The minimum absolute atomic E-state index is 0.0722. The normalized spacial score (nSPS) is 12.6. The van der Waals surface area contributed by atoms with Crippen molar-refractivity contribution in [2.45, 2.75) is 6.10 Å². The molecule has 10 heavy (non-hydrogen) atoms. The molecule has 0 amide bonds. The number of carboxylic acid groups (broad SMARTS) is 1. The van der Waals surface area contributed by atoms with E-state index in [0.717, 1.165) is 0 Å². The lowest BCUT2D eigenvalue weighted by atomic mass is 10.4. The van der Waals surface area contributed by atoms with Crippen LogP contribution in [-0.4, -0.2) is 42.8 Å². The molecule has 0 bridgehead atoms. The Morgan fingerprint density at radius 3 is 2.60 bits per heavy atom. The Hall–Kier alpha value is -0.810. The highest BCUT2D eigenvalue weighted by Gasteiger charge is 2.10. The van der Waals surface area contributed by atoms with Gasteiger partial charge in [-0.1, -0.05) is 0 Å². The smallest absolute Gasteiger partial charge is 0.450 e. The summed E-state index contributed by atoms with van der Waals surface area (Å²) in [5.41, 5.74) is 0. The van der Waals surface area contributed by atoms with Crippen LogP contribution in [0.5, 0.6) is 0 Å². The zero-order chi connectivity index (χ0) is 7.98. The van der Waals surface area contributed by atoms with Crippen LogP contribution in [0.15, 0.2) is 0 Å². The zero-order valence-electron chi connectivity index (χ0n) is 5.61. The first-order valence-corrected chi connectivity index (χ1v) is 2.70. The third-order valence-corrected chi connectivity index (χ3v) is 0.824. The summed E-state index contributed by atoms with van der Waals surface area (Å²) >= 11 is 0. The van der Waals surface area contributed by atoms with Crippen molar-refractivity contribution in [1.29, 1.82) is 0 Å². The molecule has 1 unspecified atom stereocenters. The van der Waals surface area contributed by atoms with Gasteiger partial charge in [0.15, 0.2) is 6.10 Å². The van der Waals surface area contributed by atoms with Crippen LogP contribution in [0, 0.1) is 0 Å². The molecule has 0 spiro atoms. The predicted octanol–water partition coefficient (Wildman–Crippen LogP) is -0.312. The van der Waals surface area contributed by atoms with Crippen molar-refractivity contribution in [3.05, 3.63) is 0 Å². The number of aliphatic hydroxyl groups excluding tert-OH is 1. The number of hydrogen-bond acceptors (Lipinski definition) is 4. The van der Waals surface area contributed by atoms with Crippen LogP contribution in [0.1, 0.15) is 0 Å². The Morgan fingerprint density at radius 2 is 2.30 bits per heavy atom. The predicted molar refractivity (Wildman–Crippen MR) is 31.9 cm³/mol. The van der Waals surface area contributed by atoms with E-state index in [1.807, 2.05) is 0 Å². The average molecular weight is 150 g/mol. The van der Waals surface area contributed by atoms with Gasteiger partial charge in [-0.2, -0.15) is 0 Å². The number of ether oxygens (including phenoxy) is 2. The lowest BCUT2D eigenvalue weighted by Crippen LogP contribution is -2.25. The van der Waals surface area contributed by atoms with Crippen LogP contribution in [0.2, 0.25) is 0 Å². The van der Waals surface area contributed by atoms with Gasteiger partial charge in [0.25, 0.3) is 0 Å². The highest BCUT2D eigenvalue weighted by molar-refractivity contribution is 5.57. The molecule has 2 N–H and O–H groups in total. The van der Waals surface area contributed by atoms with Gasteiger partial charge in [0.2, 0.25) is 0 Å². The Morgan fingerprint density at radius 1 is 1.70 bits per heavy atom. The molecule has 1 atom stereocenters. The lowest BCUT2D eigenvalue weighted by Gasteiger charge is -2.10. The van der Waals surface area contributed by atoms with E-state index < -0.39 is 12.3 Å². The van der Waals surface area contributed by atoms with Gasteiger partial charge in [-0.3, -0.25) is 0 Å². The summed E-state index contributed by atoms with van der Waals surface area (Å²) in [6.45, 7) is -0.289. The number of hydrogen-bond donors (Lipinski definition) is 2. The Kier molecular flexibility index (Phi) is 4.61. The number of rotatable bonds is 4. The first kappa shape index (κ1) is 9.19. The molecule has 60 valence electrons. The average Bonchev–Trinajstić information content (AvgIpc) is 1.86. The molecule has 0 aromatic heterocycles. The SMILES string of the molecule is COCC(CO)OC(=O)O. The van der Waals surface area contributed by atoms with Crippen molar-refractivity contribution in [1.82, 2.24) is 0 Å². The van der Waals surface area contributed by atoms with E-state index in [0.29, 0.717) is 0 Å². The fraction of sp³-hybridized carbons (Fsp3) is 0.800. The summed E-state index contributed by atoms with van der Waals surface area (Å²) in [4.78, 5) is 9.85. The fourth-order valence-corrected chi connectivity index (χ4v) is 0.452. The molecule has 0 aliphatic carbocycles. The highest BCUT2D eigenvalue weighted by atomic mass is 16.7. The van der Waals surface area contributed by atoms with Crippen molar-refractivity contribution in [3.8, 4) is 0 Å². The van der Waals surface area contributed by atoms with Gasteiger partial charge in [0.1, 0.15) is 0 Å². The molecule has 0 fully saturated rings. The summed E-state index contributed by atoms with van der Waals surface area (Å²) in [7, 11) is 1.40. The molecule has 5 nitrogen and oxygen atoms in total. The Bertz CT molecular complexity index is 102. The first-order valence-electron chi connectivity index (χ1n) is 2.70. The molecular weight excluding hydrogens is 140 g/mol. The fourth-order valence-electron chi connectivity index (χ4n) is 0.452. The molecular formula is C5H10O5. The monoisotopic (exact) mass is 150 g/mol. The van der Waals surface area contributed by atoms with Crippen LogP contribution >= 0.6 is 0 Å². The molecule has 0 saturated heterocycles. The summed E-state index contributed by atoms with van der Waals surface area (Å²) in [6, 6.07) is 0. The van der Waals surface area contributed by atoms with E-state index >= 15 is 0 Å². The Balaban J connectivity index is 3.49. The molecule has 0 saturated carbocycles. The third-order valence-electron chi connectivity index (χ3n) is 0.824. The standard InChI is InChI=1S/C5H10O5/c1-9-3-4(2-6)10-5(7)8/h4,6H,2-3H2,1H3,(H,7,8). The number of methoxy groups -OCH3 is 1. The molecule has 0 aliphatic rings. The van der Waals surface area contributed by atoms with Gasteiger partial charge in [-0.05, 0) is 0 Å². The van der Waals surface area contributed by atoms with E-state index in [4.69, 9.17) is 10.2 Å². The van der Waals surface area contributed by atoms with E-state index in [-0.39, 0.29) is 13.2 Å². The van der Waals surface area contributed by atoms with Crippen molar-refractivity contribution in [2.24, 2.45) is 0 Å². The first-order chi connectivity index (χ1) is 4.70. The number of aliphatic hydroxyl groups is 1. The minimum atomic E-state index is -1.41. The van der Waals surface area contributed by atoms with Crippen molar-refractivity contribution in [2.75, 3.05) is 20.3 Å². The summed E-state index contributed by atoms with van der Waals surface area (Å²) in [5.74, 6) is 0. The van der Waals surface area contributed by atoms with E-state index in [1.165, 1.54) is 7.11 Å². The van der Waals surface area contributed by atoms with Gasteiger partial charge < -0.3 is 19.7 Å². The van der Waals surface area contributed by atoms with Gasteiger partial charge in [-0.15, -0.1) is 0 Å². The zero-order valence-corrected chi connectivity index (χ0v) is 5.61. The maximum absolute atomic E-state index is 9.85. The van der Waals surface area contributed by atoms with Gasteiger partial charge in [0, 0.05) is 7.11 Å². The van der Waals surface area contributed by atoms with Crippen LogP contribution in [0.3, 0.4) is 0 Å². The largest absolute Gasteiger partial charge is 0.506 e. The molecule has 0 heterocycles. The summed E-state index contributed by atoms with van der Waals surface area (Å²) < 4.78 is 8.73. The van der Waals surface area contributed by atoms with Gasteiger partial charge >= 0.3 is 6.16 Å². The lowest BCUT2D eigenvalue weighted by molar-refractivity contribution is -0.0135. The summed E-state index contributed by atoms with van der Waals surface area (Å²) in [6.07, 6.45) is -2.18. The van der Waals surface area contributed by atoms with Crippen molar-refractivity contribution < 1.29 is 24.5 Å². The molecule has 0 radical (unpaired) electrons. The van der Waals surface area contributed by atoms with Crippen LogP contribution < -0.4 is 0 Å². The van der Waals surface area contributed by atoms with E-state index in [1.54, 1.807) is 0 Å². The van der Waals surface area contributed by atoms with Crippen LogP contribution in [0.25, 0.3) is 0 Å². The topological polar surface area (TPSA) is 76.0 Å². The van der Waals surface area contributed by atoms with Crippen molar-refractivity contribution in [3.63, 3.8) is 0 Å². The number of carbonyl (C=O) groups is 1. The molecule has 0 rings (SSSR count). The molecule has 0 aromatic carbocycles. The van der Waals surface area contributed by atoms with Gasteiger partial charge in [0.05, 0.1) is 13.2 Å². The quantitative estimate of drug-likeness (QED) is 0.537. The summed E-state index contributed by atoms with van der Waals surface area (Å²) in [5, 5.41) is 16.5. The maximum atomic E-state index is 9.85. The van der Waals surface area contributed by atoms with Gasteiger partial charge in [-0.25, -0.2) is 4.79 Å². The molecule has 0 aliphatic heterocycles. The third kappa shape index (κ3) is 4.11. The second kappa shape index (κ2) is 5.01. The molecule has 5 heteroatoms. The van der Waals surface area contributed by atoms with E-state index in [2.05, 4.69) is 9.47 Å². The second-order valence-corrected chi connectivity index (χ2v) is 1.64. The highest BCUT2D eigenvalue weighted by Crippen LogP contribution is 1.91.